The first-order valence-electron chi connectivity index (χ1n) is 13.6. The van der Waals surface area contributed by atoms with Gasteiger partial charge in [0.15, 0.2) is 6.19 Å². The van der Waals surface area contributed by atoms with Gasteiger partial charge in [-0.05, 0) is 34.1 Å². The molecule has 1 fully saturated rings. The summed E-state index contributed by atoms with van der Waals surface area (Å²) in [7, 11) is 0. The zero-order chi connectivity index (χ0) is 23.9. The van der Waals surface area contributed by atoms with Gasteiger partial charge in [-0.15, -0.1) is 0 Å². The quantitative estimate of drug-likeness (QED) is 0.127. The summed E-state index contributed by atoms with van der Waals surface area (Å²) >= 11 is 0. The van der Waals surface area contributed by atoms with Crippen molar-refractivity contribution in [1.82, 2.24) is 4.90 Å². The Morgan fingerprint density at radius 2 is 1.16 bits per heavy atom. The third-order valence-electron chi connectivity index (χ3n) is 7.05. The minimum absolute atomic E-state index is 0.0679. The lowest BCUT2D eigenvalue weighted by molar-refractivity contribution is -0.157. The number of carbonyl (C=O) groups excluding carboxylic acids is 1. The Morgan fingerprint density at radius 3 is 1.53 bits per heavy atom. The highest BCUT2D eigenvalue weighted by Gasteiger charge is 2.46. The second-order valence-electron chi connectivity index (χ2n) is 11.3. The first-order valence-corrected chi connectivity index (χ1v) is 13.6. The molecule has 186 valence electrons. The lowest BCUT2D eigenvalue weighted by atomic mass is 9.78. The monoisotopic (exact) mass is 448 g/mol. The third-order valence-corrected chi connectivity index (χ3v) is 7.05. The number of rotatable bonds is 17. The summed E-state index contributed by atoms with van der Waals surface area (Å²) in [5, 5.41) is 9.50. The molecule has 1 aliphatic rings. The van der Waals surface area contributed by atoms with Crippen molar-refractivity contribution in [2.45, 2.75) is 167 Å². The molecular formula is C28H52N2O2. The van der Waals surface area contributed by atoms with Gasteiger partial charge in [-0.3, -0.25) is 9.69 Å². The molecule has 0 aromatic heterocycles. The van der Waals surface area contributed by atoms with Gasteiger partial charge in [-0.1, -0.05) is 96.8 Å². The molecule has 0 amide bonds. The first-order chi connectivity index (χ1) is 15.2. The predicted molar refractivity (Wildman–Crippen MR) is 134 cm³/mol. The van der Waals surface area contributed by atoms with E-state index < -0.39 is 0 Å². The summed E-state index contributed by atoms with van der Waals surface area (Å²) in [6.45, 7) is 10.5. The SMILES string of the molecule is CCCCCCCCCCCCCCCCCC(=O)OC1CC(C)(C)N(C#N)C(C)(C)C1. The molecule has 1 saturated heterocycles. The van der Waals surface area contributed by atoms with E-state index in [2.05, 4.69) is 40.8 Å². The second kappa shape index (κ2) is 15.6. The van der Waals surface area contributed by atoms with Gasteiger partial charge in [0.2, 0.25) is 0 Å². The van der Waals surface area contributed by atoms with Gasteiger partial charge in [0, 0.05) is 30.3 Å². The van der Waals surface area contributed by atoms with Gasteiger partial charge in [0.1, 0.15) is 6.10 Å². The average Bonchev–Trinajstić information content (AvgIpc) is 2.69. The number of hydrogen-bond donors (Lipinski definition) is 0. The van der Waals surface area contributed by atoms with E-state index >= 15 is 0 Å². The largest absolute Gasteiger partial charge is 0.462 e. The van der Waals surface area contributed by atoms with Crippen LogP contribution in [-0.2, 0) is 9.53 Å². The number of likely N-dealkylation sites (tertiary alicyclic amines) is 1. The minimum atomic E-state index is -0.282. The number of piperidine rings is 1. The maximum atomic E-state index is 12.3. The summed E-state index contributed by atoms with van der Waals surface area (Å²) in [4.78, 5) is 14.2. The Morgan fingerprint density at radius 1 is 0.781 bits per heavy atom. The molecule has 0 aromatic carbocycles. The van der Waals surface area contributed by atoms with Crippen molar-refractivity contribution in [3.8, 4) is 6.19 Å². The fourth-order valence-electron chi connectivity index (χ4n) is 5.43. The van der Waals surface area contributed by atoms with Gasteiger partial charge >= 0.3 is 5.97 Å². The smallest absolute Gasteiger partial charge is 0.306 e. The summed E-state index contributed by atoms with van der Waals surface area (Å²) in [5.74, 6) is -0.0679. The highest BCUT2D eigenvalue weighted by atomic mass is 16.5. The molecule has 0 aromatic rings. The topological polar surface area (TPSA) is 53.3 Å². The summed E-state index contributed by atoms with van der Waals surface area (Å²) in [6, 6.07) is 0. The molecule has 0 bridgehead atoms. The van der Waals surface area contributed by atoms with Crippen molar-refractivity contribution in [2.24, 2.45) is 0 Å². The Balaban J connectivity index is 2.00. The molecule has 0 N–H and O–H groups in total. The standard InChI is InChI=1S/C28H52N2O2/c1-6-7-8-9-10-11-12-13-14-15-16-17-18-19-20-21-26(31)32-25-22-27(2,3)30(24-29)28(4,5)23-25/h25H,6-23H2,1-5H3. The highest BCUT2D eigenvalue weighted by molar-refractivity contribution is 5.69. The number of esters is 1. The molecule has 4 nitrogen and oxygen atoms in total. The first kappa shape index (κ1) is 28.8. The number of ether oxygens (including phenoxy) is 1. The van der Waals surface area contributed by atoms with Crippen LogP contribution in [0, 0.1) is 11.5 Å². The van der Waals surface area contributed by atoms with Gasteiger partial charge < -0.3 is 4.74 Å². The van der Waals surface area contributed by atoms with Crippen LogP contribution in [-0.4, -0.2) is 28.1 Å². The Hall–Kier alpha value is -1.24. The minimum Gasteiger partial charge on any atom is -0.462 e. The Kier molecular flexibility index (Phi) is 14.0. The van der Waals surface area contributed by atoms with Gasteiger partial charge in [0.05, 0.1) is 0 Å². The molecule has 0 radical (unpaired) electrons. The lowest BCUT2D eigenvalue weighted by Crippen LogP contribution is -2.60. The van der Waals surface area contributed by atoms with Crippen LogP contribution in [0.4, 0.5) is 0 Å². The molecule has 1 heterocycles. The number of carbonyl (C=O) groups is 1. The van der Waals surface area contributed by atoms with Crippen molar-refractivity contribution in [3.63, 3.8) is 0 Å². The summed E-state index contributed by atoms with van der Waals surface area (Å²) < 4.78 is 5.80. The molecule has 0 unspecified atom stereocenters. The van der Waals surface area contributed by atoms with Crippen molar-refractivity contribution in [1.29, 1.82) is 5.26 Å². The number of nitriles is 1. The molecular weight excluding hydrogens is 396 g/mol. The normalized spacial score (nSPS) is 17.8. The predicted octanol–water partition coefficient (Wildman–Crippen LogP) is 8.29. The Labute approximate surface area is 199 Å². The van der Waals surface area contributed by atoms with Crippen molar-refractivity contribution >= 4 is 5.97 Å². The molecule has 0 saturated carbocycles. The van der Waals surface area contributed by atoms with Crippen LogP contribution in [0.1, 0.15) is 150 Å². The van der Waals surface area contributed by atoms with Gasteiger partial charge in [-0.25, -0.2) is 0 Å². The maximum absolute atomic E-state index is 12.3. The fraction of sp³-hybridized carbons (Fsp3) is 0.929. The molecule has 0 spiro atoms. The zero-order valence-corrected chi connectivity index (χ0v) is 22.0. The zero-order valence-electron chi connectivity index (χ0n) is 22.0. The van der Waals surface area contributed by atoms with E-state index in [0.29, 0.717) is 19.3 Å². The van der Waals surface area contributed by atoms with Crippen LogP contribution in [0.15, 0.2) is 0 Å². The number of nitrogens with zero attached hydrogens (tertiary/aromatic N) is 2. The van der Waals surface area contributed by atoms with E-state index in [0.717, 1.165) is 12.8 Å². The molecule has 0 atom stereocenters. The molecule has 1 aliphatic heterocycles. The molecule has 0 aliphatic carbocycles. The Bertz CT molecular complexity index is 532. The van der Waals surface area contributed by atoms with Crippen LogP contribution in [0.2, 0.25) is 0 Å². The van der Waals surface area contributed by atoms with Gasteiger partial charge in [-0.2, -0.15) is 5.26 Å². The van der Waals surface area contributed by atoms with Crippen molar-refractivity contribution in [2.75, 3.05) is 0 Å². The van der Waals surface area contributed by atoms with Crippen LogP contribution >= 0.6 is 0 Å². The lowest BCUT2D eigenvalue weighted by Gasteiger charge is -2.51. The molecule has 4 heteroatoms. The summed E-state index contributed by atoms with van der Waals surface area (Å²) in [5.41, 5.74) is -0.563. The van der Waals surface area contributed by atoms with Crippen molar-refractivity contribution in [3.05, 3.63) is 0 Å². The van der Waals surface area contributed by atoms with E-state index in [1.165, 1.54) is 83.5 Å². The van der Waals surface area contributed by atoms with Gasteiger partial charge in [0.25, 0.3) is 0 Å². The van der Waals surface area contributed by atoms with E-state index in [1.54, 1.807) is 0 Å². The van der Waals surface area contributed by atoms with Crippen LogP contribution < -0.4 is 0 Å². The summed E-state index contributed by atoms with van der Waals surface area (Å²) in [6.07, 6.45) is 24.1. The molecule has 1 rings (SSSR count). The van der Waals surface area contributed by atoms with E-state index in [9.17, 15) is 10.1 Å². The van der Waals surface area contributed by atoms with Crippen LogP contribution in [0.25, 0.3) is 0 Å². The number of hydrogen-bond acceptors (Lipinski definition) is 4. The van der Waals surface area contributed by atoms with Crippen LogP contribution in [0.5, 0.6) is 0 Å². The molecule has 32 heavy (non-hydrogen) atoms. The second-order valence-corrected chi connectivity index (χ2v) is 11.3. The average molecular weight is 449 g/mol. The maximum Gasteiger partial charge on any atom is 0.306 e. The van der Waals surface area contributed by atoms with Crippen LogP contribution in [0.3, 0.4) is 0 Å². The highest BCUT2D eigenvalue weighted by Crippen LogP contribution is 2.39. The van der Waals surface area contributed by atoms with E-state index in [4.69, 9.17) is 4.74 Å². The van der Waals surface area contributed by atoms with Crippen molar-refractivity contribution < 1.29 is 9.53 Å². The number of unbranched alkanes of at least 4 members (excludes halogenated alkanes) is 14. The van der Waals surface area contributed by atoms with E-state index in [-0.39, 0.29) is 23.2 Å². The third kappa shape index (κ3) is 11.6. The fourth-order valence-corrected chi connectivity index (χ4v) is 5.43. The van der Waals surface area contributed by atoms with E-state index in [1.807, 2.05) is 4.90 Å².